The van der Waals surface area contributed by atoms with Crippen LogP contribution in [0.2, 0.25) is 0 Å². The van der Waals surface area contributed by atoms with Gasteiger partial charge in [0, 0.05) is 12.7 Å². The van der Waals surface area contributed by atoms with Crippen LogP contribution in [0, 0.1) is 0 Å². The molecule has 7 nitrogen and oxygen atoms in total. The lowest BCUT2D eigenvalue weighted by Gasteiger charge is -2.11. The van der Waals surface area contributed by atoms with Crippen molar-refractivity contribution in [2.75, 3.05) is 35.2 Å². The molecule has 1 N–H and O–H groups in total. The number of rotatable bonds is 8. The number of ether oxygens (including phenoxy) is 5. The zero-order valence-electron chi connectivity index (χ0n) is 15.6. The fourth-order valence-corrected chi connectivity index (χ4v) is 3.02. The van der Waals surface area contributed by atoms with Crippen molar-refractivity contribution in [3.63, 3.8) is 0 Å². The van der Waals surface area contributed by atoms with Crippen molar-refractivity contribution < 1.29 is 28.5 Å². The second kappa shape index (κ2) is 8.01. The van der Waals surface area contributed by atoms with Crippen LogP contribution in [0.1, 0.15) is 10.4 Å². The van der Waals surface area contributed by atoms with Gasteiger partial charge in [-0.3, -0.25) is 4.79 Å². The number of nitrogens with one attached hydrogen (secondary N) is 1. The van der Waals surface area contributed by atoms with Crippen LogP contribution in [-0.2, 0) is 4.74 Å². The van der Waals surface area contributed by atoms with Gasteiger partial charge in [0.2, 0.25) is 0 Å². The van der Waals surface area contributed by atoms with E-state index in [1.165, 1.54) is 7.11 Å². The number of carbonyl (C=O) groups excluding carboxylic acids is 1. The summed E-state index contributed by atoms with van der Waals surface area (Å²) in [6, 6.07) is 9.06. The fraction of sp³-hybridized carbons (Fsp3) is 0.250. The topological polar surface area (TPSA) is 79.0 Å². The Bertz CT molecular complexity index is 963. The van der Waals surface area contributed by atoms with Gasteiger partial charge < -0.3 is 28.7 Å². The SMILES string of the molecule is COCOc1c(OC)ccc2[nH]c(-c3ccc(OC)c(OC)c3)c(C=O)c12. The molecule has 0 bridgehead atoms. The highest BCUT2D eigenvalue weighted by atomic mass is 16.7. The first-order valence-electron chi connectivity index (χ1n) is 8.20. The third kappa shape index (κ3) is 3.29. The van der Waals surface area contributed by atoms with Gasteiger partial charge in [0.25, 0.3) is 0 Å². The van der Waals surface area contributed by atoms with E-state index in [1.807, 2.05) is 18.2 Å². The second-order valence-corrected chi connectivity index (χ2v) is 5.67. The fourth-order valence-electron chi connectivity index (χ4n) is 3.02. The maximum Gasteiger partial charge on any atom is 0.188 e. The summed E-state index contributed by atoms with van der Waals surface area (Å²) in [5.74, 6) is 2.14. The molecule has 0 radical (unpaired) electrons. The Kier molecular flexibility index (Phi) is 5.52. The van der Waals surface area contributed by atoms with Crippen LogP contribution in [0.5, 0.6) is 23.0 Å². The van der Waals surface area contributed by atoms with Crippen molar-refractivity contribution >= 4 is 17.2 Å². The molecule has 0 saturated carbocycles. The van der Waals surface area contributed by atoms with Crippen molar-refractivity contribution in [3.05, 3.63) is 35.9 Å². The molecular formula is C20H21NO6. The van der Waals surface area contributed by atoms with Crippen molar-refractivity contribution in [2.45, 2.75) is 0 Å². The van der Waals surface area contributed by atoms with Gasteiger partial charge in [-0.05, 0) is 30.3 Å². The lowest BCUT2D eigenvalue weighted by molar-refractivity contribution is 0.0503. The van der Waals surface area contributed by atoms with Crippen LogP contribution in [0.15, 0.2) is 30.3 Å². The first kappa shape index (κ1) is 18.6. The molecule has 0 aliphatic rings. The van der Waals surface area contributed by atoms with Gasteiger partial charge in [-0.1, -0.05) is 0 Å². The molecule has 0 aliphatic heterocycles. The predicted molar refractivity (Wildman–Crippen MR) is 101 cm³/mol. The number of fused-ring (bicyclic) bond motifs is 1. The van der Waals surface area contributed by atoms with Crippen molar-refractivity contribution in [2.24, 2.45) is 0 Å². The van der Waals surface area contributed by atoms with E-state index >= 15 is 0 Å². The summed E-state index contributed by atoms with van der Waals surface area (Å²) in [6.07, 6.45) is 0.796. The molecule has 7 heteroatoms. The van der Waals surface area contributed by atoms with Gasteiger partial charge in [-0.15, -0.1) is 0 Å². The van der Waals surface area contributed by atoms with E-state index in [1.54, 1.807) is 33.5 Å². The van der Waals surface area contributed by atoms with Crippen molar-refractivity contribution in [1.82, 2.24) is 4.98 Å². The molecule has 27 heavy (non-hydrogen) atoms. The van der Waals surface area contributed by atoms with Crippen LogP contribution in [0.25, 0.3) is 22.2 Å². The highest BCUT2D eigenvalue weighted by Gasteiger charge is 2.21. The lowest BCUT2D eigenvalue weighted by Crippen LogP contribution is -2.01. The first-order chi connectivity index (χ1) is 13.2. The number of hydrogen-bond acceptors (Lipinski definition) is 6. The molecule has 0 unspecified atom stereocenters. The number of aldehydes is 1. The van der Waals surface area contributed by atoms with Crippen molar-refractivity contribution in [1.29, 1.82) is 0 Å². The maximum atomic E-state index is 12.0. The van der Waals surface area contributed by atoms with Gasteiger partial charge in [0.05, 0.1) is 43.5 Å². The standard InChI is InChI=1S/C20H21NO6/c1-23-11-27-20-16(25-3)8-6-14-18(20)13(10-22)19(21-14)12-5-7-15(24-2)17(9-12)26-4/h5-10,21H,11H2,1-4H3. The molecule has 0 saturated heterocycles. The highest BCUT2D eigenvalue weighted by Crippen LogP contribution is 2.42. The molecule has 0 atom stereocenters. The third-order valence-corrected chi connectivity index (χ3v) is 4.25. The lowest BCUT2D eigenvalue weighted by atomic mass is 10.0. The monoisotopic (exact) mass is 371 g/mol. The van der Waals surface area contributed by atoms with Crippen LogP contribution in [0.4, 0.5) is 0 Å². The molecule has 3 aromatic rings. The molecule has 142 valence electrons. The smallest absolute Gasteiger partial charge is 0.188 e. The quantitative estimate of drug-likeness (QED) is 0.481. The molecule has 0 spiro atoms. The van der Waals surface area contributed by atoms with E-state index in [-0.39, 0.29) is 6.79 Å². The number of aromatic nitrogens is 1. The van der Waals surface area contributed by atoms with E-state index in [2.05, 4.69) is 4.98 Å². The number of aromatic amines is 1. The van der Waals surface area contributed by atoms with E-state index in [9.17, 15) is 4.79 Å². The summed E-state index contributed by atoms with van der Waals surface area (Å²) >= 11 is 0. The largest absolute Gasteiger partial charge is 0.493 e. The summed E-state index contributed by atoms with van der Waals surface area (Å²) in [5.41, 5.74) is 2.63. The van der Waals surface area contributed by atoms with E-state index < -0.39 is 0 Å². The minimum absolute atomic E-state index is 0.0324. The van der Waals surface area contributed by atoms with Gasteiger partial charge in [0.15, 0.2) is 36.1 Å². The Morgan fingerprint density at radius 1 is 0.926 bits per heavy atom. The molecule has 0 amide bonds. The number of benzene rings is 2. The number of methoxy groups -OCH3 is 4. The Balaban J connectivity index is 2.24. The Hall–Kier alpha value is -3.19. The van der Waals surface area contributed by atoms with E-state index in [0.717, 1.165) is 17.4 Å². The minimum atomic E-state index is 0.0324. The third-order valence-electron chi connectivity index (χ3n) is 4.25. The minimum Gasteiger partial charge on any atom is -0.493 e. The summed E-state index contributed by atoms with van der Waals surface area (Å²) in [7, 11) is 6.21. The molecular weight excluding hydrogens is 350 g/mol. The summed E-state index contributed by atoms with van der Waals surface area (Å²) in [5, 5.41) is 0.631. The number of H-pyrrole nitrogens is 1. The van der Waals surface area contributed by atoms with Crippen LogP contribution in [0.3, 0.4) is 0 Å². The normalized spacial score (nSPS) is 10.7. The Labute approximate surface area is 156 Å². The van der Waals surface area contributed by atoms with E-state index in [4.69, 9.17) is 23.7 Å². The summed E-state index contributed by atoms with van der Waals surface area (Å²) < 4.78 is 26.7. The van der Waals surface area contributed by atoms with E-state index in [0.29, 0.717) is 39.6 Å². The van der Waals surface area contributed by atoms with Gasteiger partial charge in [-0.25, -0.2) is 0 Å². The second-order valence-electron chi connectivity index (χ2n) is 5.67. The van der Waals surface area contributed by atoms with Crippen LogP contribution in [-0.4, -0.2) is 46.5 Å². The average Bonchev–Trinajstić information content (AvgIpc) is 3.10. The highest BCUT2D eigenvalue weighted by molar-refractivity contribution is 6.08. The Morgan fingerprint density at radius 3 is 2.26 bits per heavy atom. The molecule has 0 fully saturated rings. The molecule has 1 heterocycles. The molecule has 1 aromatic heterocycles. The first-order valence-corrected chi connectivity index (χ1v) is 8.20. The summed E-state index contributed by atoms with van der Waals surface area (Å²) in [4.78, 5) is 15.3. The van der Waals surface area contributed by atoms with Crippen molar-refractivity contribution in [3.8, 4) is 34.3 Å². The van der Waals surface area contributed by atoms with Crippen LogP contribution < -0.4 is 18.9 Å². The maximum absolute atomic E-state index is 12.0. The molecule has 0 aliphatic carbocycles. The number of hydrogen-bond donors (Lipinski definition) is 1. The average molecular weight is 371 g/mol. The zero-order valence-corrected chi connectivity index (χ0v) is 15.6. The molecule has 3 rings (SSSR count). The molecule has 2 aromatic carbocycles. The Morgan fingerprint density at radius 2 is 1.63 bits per heavy atom. The summed E-state index contributed by atoms with van der Waals surface area (Å²) in [6.45, 7) is 0.0324. The van der Waals surface area contributed by atoms with Gasteiger partial charge in [-0.2, -0.15) is 0 Å². The number of carbonyl (C=O) groups is 1. The van der Waals surface area contributed by atoms with Gasteiger partial charge in [0.1, 0.15) is 0 Å². The van der Waals surface area contributed by atoms with Gasteiger partial charge >= 0.3 is 0 Å². The predicted octanol–water partition coefficient (Wildman–Crippen LogP) is 3.66. The van der Waals surface area contributed by atoms with Crippen LogP contribution >= 0.6 is 0 Å². The zero-order chi connectivity index (χ0) is 19.4.